The van der Waals surface area contributed by atoms with E-state index in [1.807, 2.05) is 52.0 Å². The van der Waals surface area contributed by atoms with Crippen LogP contribution in [0.4, 0.5) is 0 Å². The van der Waals surface area contributed by atoms with Gasteiger partial charge < -0.3 is 5.11 Å². The van der Waals surface area contributed by atoms with Gasteiger partial charge in [0.05, 0.1) is 8.96 Å². The molecule has 3 rings (SSSR count). The van der Waals surface area contributed by atoms with Crippen LogP contribution >= 0.6 is 31.9 Å². The molecule has 31 heavy (non-hydrogen) atoms. The second kappa shape index (κ2) is 9.30. The number of hydrogen-bond acceptors (Lipinski definition) is 2. The summed E-state index contributed by atoms with van der Waals surface area (Å²) in [7, 11) is 0. The van der Waals surface area contributed by atoms with Crippen LogP contribution in [0.5, 0.6) is 5.75 Å². The second-order valence-electron chi connectivity index (χ2n) is 8.63. The molecule has 0 heterocycles. The molecular formula is C27H28Br2O2. The van der Waals surface area contributed by atoms with Crippen molar-refractivity contribution < 1.29 is 9.90 Å². The molecule has 162 valence electrons. The van der Waals surface area contributed by atoms with Gasteiger partial charge in [0.2, 0.25) is 0 Å². The van der Waals surface area contributed by atoms with Crippen LogP contribution in [0.15, 0.2) is 68.1 Å². The van der Waals surface area contributed by atoms with Crippen molar-refractivity contribution in [2.75, 3.05) is 0 Å². The molecule has 0 bridgehead atoms. The fourth-order valence-corrected chi connectivity index (χ4v) is 4.83. The van der Waals surface area contributed by atoms with Crippen LogP contribution in [-0.2, 0) is 4.79 Å². The van der Waals surface area contributed by atoms with Crippen molar-refractivity contribution in [2.45, 2.75) is 47.5 Å². The molecule has 0 saturated heterocycles. The third-order valence-corrected chi connectivity index (χ3v) is 7.78. The summed E-state index contributed by atoms with van der Waals surface area (Å²) in [6, 6.07) is 12.3. The van der Waals surface area contributed by atoms with E-state index in [1.165, 1.54) is 0 Å². The first kappa shape index (κ1) is 23.7. The normalized spacial score (nSPS) is 16.3. The summed E-state index contributed by atoms with van der Waals surface area (Å²) in [5.74, 6) is 0.615. The SMILES string of the molecule is CC1=C(Br)C(=O)C(C(C)C)=CC1=C(c1ccccc1)c1cc(C(C)C)c(O)c(Br)c1C. The predicted octanol–water partition coefficient (Wildman–Crippen LogP) is 8.22. The van der Waals surface area contributed by atoms with E-state index in [4.69, 9.17) is 0 Å². The largest absolute Gasteiger partial charge is 0.506 e. The number of allylic oxidation sites excluding steroid dienone is 5. The summed E-state index contributed by atoms with van der Waals surface area (Å²) < 4.78 is 1.32. The molecule has 2 aromatic rings. The van der Waals surface area contributed by atoms with Crippen molar-refractivity contribution in [3.8, 4) is 5.75 Å². The van der Waals surface area contributed by atoms with Crippen LogP contribution in [0, 0.1) is 12.8 Å². The lowest BCUT2D eigenvalue weighted by molar-refractivity contribution is -0.112. The number of hydrogen-bond donors (Lipinski definition) is 1. The van der Waals surface area contributed by atoms with Gasteiger partial charge >= 0.3 is 0 Å². The standard InChI is InChI=1S/C27H28Br2O2/c1-14(2)19-12-21(16(5)24(28)26(19)30)23(18-10-8-7-9-11-18)22-13-20(15(3)4)27(31)25(29)17(22)6/h7-15,30H,1-6H3. The highest BCUT2D eigenvalue weighted by Crippen LogP contribution is 2.44. The average molecular weight is 544 g/mol. The number of rotatable bonds is 4. The van der Waals surface area contributed by atoms with E-state index in [-0.39, 0.29) is 17.6 Å². The molecule has 0 unspecified atom stereocenters. The smallest absolute Gasteiger partial charge is 0.196 e. The van der Waals surface area contributed by atoms with Crippen LogP contribution in [0.1, 0.15) is 62.8 Å². The maximum absolute atomic E-state index is 12.9. The molecule has 1 aliphatic carbocycles. The van der Waals surface area contributed by atoms with Gasteiger partial charge in [0.1, 0.15) is 5.75 Å². The van der Waals surface area contributed by atoms with Gasteiger partial charge in [-0.25, -0.2) is 0 Å². The number of halogens is 2. The van der Waals surface area contributed by atoms with Crippen LogP contribution in [0.25, 0.3) is 5.57 Å². The zero-order valence-corrected chi connectivity index (χ0v) is 22.0. The summed E-state index contributed by atoms with van der Waals surface area (Å²) in [5, 5.41) is 10.7. The maximum Gasteiger partial charge on any atom is 0.196 e. The summed E-state index contributed by atoms with van der Waals surface area (Å²) in [4.78, 5) is 12.9. The Labute approximate surface area is 202 Å². The van der Waals surface area contributed by atoms with Gasteiger partial charge in [-0.15, -0.1) is 0 Å². The second-order valence-corrected chi connectivity index (χ2v) is 10.2. The number of carbonyl (C=O) groups is 1. The summed E-state index contributed by atoms with van der Waals surface area (Å²) >= 11 is 7.19. The number of ketones is 1. The number of phenolic OH excluding ortho intramolecular Hbond substituents is 1. The van der Waals surface area contributed by atoms with Crippen molar-refractivity contribution in [3.63, 3.8) is 0 Å². The fourth-order valence-electron chi connectivity index (χ4n) is 3.95. The van der Waals surface area contributed by atoms with Gasteiger partial charge in [0, 0.05) is 5.57 Å². The van der Waals surface area contributed by atoms with Crippen LogP contribution in [-0.4, -0.2) is 10.9 Å². The van der Waals surface area contributed by atoms with Crippen LogP contribution in [0.3, 0.4) is 0 Å². The van der Waals surface area contributed by atoms with Gasteiger partial charge in [0.25, 0.3) is 0 Å². The molecule has 0 spiro atoms. The minimum atomic E-state index is 0.0511. The van der Waals surface area contributed by atoms with Crippen molar-refractivity contribution in [2.24, 2.45) is 5.92 Å². The quantitative estimate of drug-likeness (QED) is 0.421. The van der Waals surface area contributed by atoms with Crippen LogP contribution in [0.2, 0.25) is 0 Å². The molecule has 0 fully saturated rings. The number of carbonyl (C=O) groups excluding carboxylic acids is 1. The molecule has 0 amide bonds. The number of phenols is 1. The number of Topliss-reactive ketones (excluding diaryl/α,β-unsaturated/α-hetero) is 1. The Morgan fingerprint density at radius 2 is 1.58 bits per heavy atom. The van der Waals surface area contributed by atoms with Gasteiger partial charge in [-0.05, 0) is 109 Å². The molecular weight excluding hydrogens is 516 g/mol. The van der Waals surface area contributed by atoms with Crippen LogP contribution < -0.4 is 0 Å². The highest BCUT2D eigenvalue weighted by molar-refractivity contribution is 9.12. The monoisotopic (exact) mass is 542 g/mol. The molecule has 1 N–H and O–H groups in total. The summed E-state index contributed by atoms with van der Waals surface area (Å²) in [6.45, 7) is 12.2. The lowest BCUT2D eigenvalue weighted by Crippen LogP contribution is -2.15. The first-order valence-electron chi connectivity index (χ1n) is 10.5. The van der Waals surface area contributed by atoms with E-state index in [1.54, 1.807) is 0 Å². The lowest BCUT2D eigenvalue weighted by atomic mass is 9.81. The fraction of sp³-hybridized carbons (Fsp3) is 0.296. The molecule has 2 aromatic carbocycles. The Balaban J connectivity index is 2.50. The minimum absolute atomic E-state index is 0.0511. The van der Waals surface area contributed by atoms with Crippen molar-refractivity contribution in [3.05, 3.63) is 90.4 Å². The number of aromatic hydroxyl groups is 1. The minimum Gasteiger partial charge on any atom is -0.506 e. The van der Waals surface area contributed by atoms with Gasteiger partial charge in [-0.3, -0.25) is 4.79 Å². The molecule has 0 radical (unpaired) electrons. The zero-order chi connectivity index (χ0) is 23.0. The highest BCUT2D eigenvalue weighted by Gasteiger charge is 2.28. The first-order chi connectivity index (χ1) is 14.6. The molecule has 0 saturated carbocycles. The summed E-state index contributed by atoms with van der Waals surface area (Å²) in [6.07, 6.45) is 2.05. The van der Waals surface area contributed by atoms with E-state index in [0.29, 0.717) is 14.7 Å². The van der Waals surface area contributed by atoms with Crippen molar-refractivity contribution in [1.82, 2.24) is 0 Å². The first-order valence-corrected chi connectivity index (χ1v) is 12.1. The lowest BCUT2D eigenvalue weighted by Gasteiger charge is -2.25. The Bertz CT molecular complexity index is 1130. The average Bonchev–Trinajstić information content (AvgIpc) is 2.73. The molecule has 2 nitrogen and oxygen atoms in total. The highest BCUT2D eigenvalue weighted by atomic mass is 79.9. The zero-order valence-electron chi connectivity index (χ0n) is 18.8. The van der Waals surface area contributed by atoms with Gasteiger partial charge in [0.15, 0.2) is 5.78 Å². The Morgan fingerprint density at radius 3 is 2.13 bits per heavy atom. The van der Waals surface area contributed by atoms with Crippen molar-refractivity contribution in [1.29, 1.82) is 0 Å². The third kappa shape index (κ3) is 4.38. The van der Waals surface area contributed by atoms with Crippen molar-refractivity contribution >= 4 is 43.2 Å². The molecule has 4 heteroatoms. The van der Waals surface area contributed by atoms with E-state index >= 15 is 0 Å². The maximum atomic E-state index is 12.9. The molecule has 0 aromatic heterocycles. The topological polar surface area (TPSA) is 37.3 Å². The Morgan fingerprint density at radius 1 is 0.968 bits per heavy atom. The summed E-state index contributed by atoms with van der Waals surface area (Å²) in [5.41, 5.74) is 7.76. The van der Waals surface area contributed by atoms with E-state index < -0.39 is 0 Å². The molecule has 0 aliphatic heterocycles. The Hall–Kier alpha value is -1.91. The predicted molar refractivity (Wildman–Crippen MR) is 137 cm³/mol. The van der Waals surface area contributed by atoms with Gasteiger partial charge in [-0.1, -0.05) is 58.0 Å². The molecule has 0 atom stereocenters. The van der Waals surface area contributed by atoms with E-state index in [9.17, 15) is 9.90 Å². The number of benzene rings is 2. The van der Waals surface area contributed by atoms with E-state index in [0.717, 1.165) is 44.5 Å². The molecule has 1 aliphatic rings. The Kier molecular flexibility index (Phi) is 7.12. The van der Waals surface area contributed by atoms with Gasteiger partial charge in [-0.2, -0.15) is 0 Å². The van der Waals surface area contributed by atoms with E-state index in [2.05, 4.69) is 63.9 Å². The third-order valence-electron chi connectivity index (χ3n) is 5.85.